The van der Waals surface area contributed by atoms with Crippen LogP contribution in [0.5, 0.6) is 0 Å². The topological polar surface area (TPSA) is 64.4 Å². The molecule has 0 aromatic heterocycles. The molecule has 3 N–H and O–H groups in total. The Balaban J connectivity index is 2.14. The fourth-order valence-corrected chi connectivity index (χ4v) is 1.23. The molecule has 0 aromatic carbocycles. The van der Waals surface area contributed by atoms with Crippen molar-refractivity contribution in [2.24, 2.45) is 11.1 Å². The first-order valence-corrected chi connectivity index (χ1v) is 4.62. The van der Waals surface area contributed by atoms with Crippen molar-refractivity contribution in [2.45, 2.75) is 26.3 Å². The minimum atomic E-state index is -0.0644. The molecule has 0 radical (unpaired) electrons. The number of hydrogen-bond acceptors (Lipinski definition) is 3. The number of nitrogens with two attached hydrogens (primary N) is 1. The molecule has 13 heavy (non-hydrogen) atoms. The van der Waals surface area contributed by atoms with E-state index in [0.717, 1.165) is 13.2 Å². The first-order valence-electron chi connectivity index (χ1n) is 4.62. The highest BCUT2D eigenvalue weighted by Gasteiger charge is 2.33. The molecule has 0 aromatic rings. The predicted octanol–water partition coefficient (Wildman–Crippen LogP) is -0.124. The van der Waals surface area contributed by atoms with Crippen molar-refractivity contribution in [2.75, 3.05) is 19.8 Å². The van der Waals surface area contributed by atoms with Gasteiger partial charge in [-0.2, -0.15) is 0 Å². The smallest absolute Gasteiger partial charge is 0.221 e. The Kier molecular flexibility index (Phi) is 3.27. The van der Waals surface area contributed by atoms with Gasteiger partial charge in [-0.1, -0.05) is 6.92 Å². The van der Waals surface area contributed by atoms with E-state index in [-0.39, 0.29) is 17.4 Å². The summed E-state index contributed by atoms with van der Waals surface area (Å²) in [6.45, 7) is 6.10. The normalized spacial score (nSPS) is 21.8. The lowest BCUT2D eigenvalue weighted by molar-refractivity contribution is -0.127. The molecule has 1 amide bonds. The largest absolute Gasteiger partial charge is 0.380 e. The molecule has 1 atom stereocenters. The molecular formula is C9H18N2O2. The molecule has 1 rings (SSSR count). The summed E-state index contributed by atoms with van der Waals surface area (Å²) in [5, 5.41) is 2.86. The van der Waals surface area contributed by atoms with Crippen LogP contribution in [0.4, 0.5) is 0 Å². The molecule has 0 saturated carbocycles. The highest BCUT2D eigenvalue weighted by atomic mass is 16.5. The van der Waals surface area contributed by atoms with Crippen LogP contribution in [0.3, 0.4) is 0 Å². The molecule has 0 aliphatic carbocycles. The lowest BCUT2D eigenvalue weighted by Gasteiger charge is -2.38. The van der Waals surface area contributed by atoms with Crippen molar-refractivity contribution >= 4 is 5.91 Å². The van der Waals surface area contributed by atoms with Gasteiger partial charge in [-0.05, 0) is 6.92 Å². The molecule has 1 aliphatic heterocycles. The molecule has 1 aliphatic rings. The second-order valence-corrected chi connectivity index (χ2v) is 4.26. The van der Waals surface area contributed by atoms with Gasteiger partial charge in [-0.25, -0.2) is 0 Å². The van der Waals surface area contributed by atoms with E-state index in [4.69, 9.17) is 10.5 Å². The maximum absolute atomic E-state index is 11.2. The fourth-order valence-electron chi connectivity index (χ4n) is 1.23. The summed E-state index contributed by atoms with van der Waals surface area (Å²) in [5.41, 5.74) is 5.64. The molecule has 4 heteroatoms. The average molecular weight is 186 g/mol. The number of amides is 1. The molecule has 1 fully saturated rings. The van der Waals surface area contributed by atoms with Gasteiger partial charge in [0.05, 0.1) is 13.2 Å². The van der Waals surface area contributed by atoms with Crippen molar-refractivity contribution in [3.05, 3.63) is 0 Å². The van der Waals surface area contributed by atoms with E-state index in [1.807, 2.05) is 6.92 Å². The molecule has 0 bridgehead atoms. The lowest BCUT2D eigenvalue weighted by Crippen LogP contribution is -2.49. The van der Waals surface area contributed by atoms with Crippen molar-refractivity contribution in [1.29, 1.82) is 0 Å². The van der Waals surface area contributed by atoms with Gasteiger partial charge < -0.3 is 15.8 Å². The van der Waals surface area contributed by atoms with Crippen LogP contribution in [0.1, 0.15) is 20.3 Å². The average Bonchev–Trinajstić information content (AvgIpc) is 1.96. The van der Waals surface area contributed by atoms with E-state index in [1.165, 1.54) is 0 Å². The van der Waals surface area contributed by atoms with Crippen molar-refractivity contribution in [1.82, 2.24) is 5.32 Å². The molecule has 1 unspecified atom stereocenters. The van der Waals surface area contributed by atoms with Crippen LogP contribution in [-0.4, -0.2) is 31.7 Å². The maximum atomic E-state index is 11.2. The molecule has 4 nitrogen and oxygen atoms in total. The van der Waals surface area contributed by atoms with Gasteiger partial charge in [0.25, 0.3) is 0 Å². The number of hydrogen-bond donors (Lipinski definition) is 2. The fraction of sp³-hybridized carbons (Fsp3) is 0.889. The monoisotopic (exact) mass is 186 g/mol. The minimum absolute atomic E-state index is 0.0307. The van der Waals surface area contributed by atoms with Crippen LogP contribution in [0.2, 0.25) is 0 Å². The van der Waals surface area contributed by atoms with Crippen molar-refractivity contribution < 1.29 is 9.53 Å². The summed E-state index contributed by atoms with van der Waals surface area (Å²) in [7, 11) is 0. The predicted molar refractivity (Wildman–Crippen MR) is 50.2 cm³/mol. The Morgan fingerprint density at radius 3 is 2.69 bits per heavy atom. The third kappa shape index (κ3) is 3.32. The van der Waals surface area contributed by atoms with Crippen LogP contribution in [0.15, 0.2) is 0 Å². The van der Waals surface area contributed by atoms with Gasteiger partial charge in [-0.3, -0.25) is 4.79 Å². The summed E-state index contributed by atoms with van der Waals surface area (Å²) in [5.74, 6) is 0.0307. The third-order valence-corrected chi connectivity index (χ3v) is 2.12. The highest BCUT2D eigenvalue weighted by molar-refractivity contribution is 5.76. The van der Waals surface area contributed by atoms with E-state index in [0.29, 0.717) is 13.0 Å². The van der Waals surface area contributed by atoms with Crippen LogP contribution >= 0.6 is 0 Å². The molecular weight excluding hydrogens is 168 g/mol. The quantitative estimate of drug-likeness (QED) is 0.643. The van der Waals surface area contributed by atoms with Crippen molar-refractivity contribution in [3.8, 4) is 0 Å². The Morgan fingerprint density at radius 1 is 1.69 bits per heavy atom. The zero-order valence-electron chi connectivity index (χ0n) is 8.30. The highest BCUT2D eigenvalue weighted by Crippen LogP contribution is 2.24. The van der Waals surface area contributed by atoms with Crippen molar-refractivity contribution in [3.63, 3.8) is 0 Å². The standard InChI is InChI=1S/C9H18N2O2/c1-7(10)3-8(12)11-4-9(2)5-13-6-9/h7H,3-6,10H2,1-2H3,(H,11,12). The summed E-state index contributed by atoms with van der Waals surface area (Å²) in [6, 6.07) is -0.0644. The van der Waals surface area contributed by atoms with Gasteiger partial charge in [0.2, 0.25) is 5.91 Å². The van der Waals surface area contributed by atoms with E-state index >= 15 is 0 Å². The SMILES string of the molecule is CC(N)CC(=O)NCC1(C)COC1. The Bertz CT molecular complexity index is 188. The number of nitrogens with one attached hydrogen (secondary N) is 1. The first-order chi connectivity index (χ1) is 6.02. The molecule has 0 spiro atoms. The molecule has 76 valence electrons. The summed E-state index contributed by atoms with van der Waals surface area (Å²) in [6.07, 6.45) is 0.400. The van der Waals surface area contributed by atoms with Crippen LogP contribution < -0.4 is 11.1 Å². The van der Waals surface area contributed by atoms with Gasteiger partial charge >= 0.3 is 0 Å². The van der Waals surface area contributed by atoms with Gasteiger partial charge in [0.15, 0.2) is 0 Å². The maximum Gasteiger partial charge on any atom is 0.221 e. The van der Waals surface area contributed by atoms with Crippen LogP contribution in [0, 0.1) is 5.41 Å². The van der Waals surface area contributed by atoms with Gasteiger partial charge in [0.1, 0.15) is 0 Å². The zero-order chi connectivity index (χ0) is 9.90. The lowest BCUT2D eigenvalue weighted by atomic mass is 9.89. The summed E-state index contributed by atoms with van der Waals surface area (Å²) < 4.78 is 5.08. The number of ether oxygens (including phenoxy) is 1. The second kappa shape index (κ2) is 4.07. The summed E-state index contributed by atoms with van der Waals surface area (Å²) >= 11 is 0. The first kappa shape index (κ1) is 10.5. The second-order valence-electron chi connectivity index (χ2n) is 4.26. The van der Waals surface area contributed by atoms with E-state index in [1.54, 1.807) is 0 Å². The van der Waals surface area contributed by atoms with Crippen LogP contribution in [-0.2, 0) is 9.53 Å². The van der Waals surface area contributed by atoms with E-state index in [2.05, 4.69) is 12.2 Å². The number of carbonyl (C=O) groups is 1. The van der Waals surface area contributed by atoms with Gasteiger partial charge in [-0.15, -0.1) is 0 Å². The number of rotatable bonds is 4. The van der Waals surface area contributed by atoms with E-state index < -0.39 is 0 Å². The molecule has 1 saturated heterocycles. The minimum Gasteiger partial charge on any atom is -0.380 e. The Hall–Kier alpha value is -0.610. The number of carbonyl (C=O) groups excluding carboxylic acids is 1. The van der Waals surface area contributed by atoms with E-state index in [9.17, 15) is 4.79 Å². The van der Waals surface area contributed by atoms with Gasteiger partial charge in [0, 0.05) is 24.4 Å². The summed E-state index contributed by atoms with van der Waals surface area (Å²) in [4.78, 5) is 11.2. The molecule has 1 heterocycles. The van der Waals surface area contributed by atoms with Crippen LogP contribution in [0.25, 0.3) is 0 Å². The zero-order valence-corrected chi connectivity index (χ0v) is 8.30. The Labute approximate surface area is 78.8 Å². The third-order valence-electron chi connectivity index (χ3n) is 2.12. The Morgan fingerprint density at radius 2 is 2.31 bits per heavy atom.